The zero-order valence-electron chi connectivity index (χ0n) is 15.0. The zero-order chi connectivity index (χ0) is 18.8. The number of allylic oxidation sites excluding steroid dienone is 1. The van der Waals surface area contributed by atoms with Crippen molar-refractivity contribution in [3.63, 3.8) is 0 Å². The highest BCUT2D eigenvalue weighted by Crippen LogP contribution is 2.19. The van der Waals surface area contributed by atoms with E-state index in [1.807, 2.05) is 25.1 Å². The summed E-state index contributed by atoms with van der Waals surface area (Å²) in [5.41, 5.74) is 7.85. The van der Waals surface area contributed by atoms with Gasteiger partial charge in [0.1, 0.15) is 11.6 Å². The molecule has 2 aromatic rings. The summed E-state index contributed by atoms with van der Waals surface area (Å²) in [6.07, 6.45) is 4.14. The standard InChI is InChI=1S/C11H13N3O.C9H12O/c1-4-9(3)14(11(12)15)10-8(2)6-5-7-13-10;1-3-8-4-6-9(10-2)7-5-8/h4-7H,1,3H2,2H3,(H2,12,15);4-7H,3H2,1-2H3. The van der Waals surface area contributed by atoms with E-state index in [1.165, 1.54) is 16.5 Å². The SMILES string of the molecule is C=CC(=C)N(C(N)=O)c1ncccc1C.CCc1ccc(OC)cc1. The molecular formula is C20H25N3O2. The van der Waals surface area contributed by atoms with Crippen LogP contribution in [0.4, 0.5) is 10.6 Å². The lowest BCUT2D eigenvalue weighted by Gasteiger charge is -2.20. The van der Waals surface area contributed by atoms with Gasteiger partial charge in [-0.1, -0.05) is 38.3 Å². The molecule has 1 heterocycles. The van der Waals surface area contributed by atoms with Crippen molar-refractivity contribution in [1.82, 2.24) is 4.98 Å². The number of pyridine rings is 1. The van der Waals surface area contributed by atoms with E-state index >= 15 is 0 Å². The van der Waals surface area contributed by atoms with E-state index in [2.05, 4.69) is 37.2 Å². The van der Waals surface area contributed by atoms with E-state index in [0.29, 0.717) is 11.5 Å². The molecule has 0 aliphatic carbocycles. The van der Waals surface area contributed by atoms with E-state index in [1.54, 1.807) is 19.4 Å². The Morgan fingerprint density at radius 2 is 1.96 bits per heavy atom. The van der Waals surface area contributed by atoms with Crippen LogP contribution in [0.5, 0.6) is 5.75 Å². The van der Waals surface area contributed by atoms with Crippen molar-refractivity contribution in [3.05, 3.63) is 78.7 Å². The molecule has 0 aliphatic rings. The Morgan fingerprint density at radius 3 is 2.40 bits per heavy atom. The fourth-order valence-corrected chi connectivity index (χ4v) is 2.05. The number of hydrogen-bond acceptors (Lipinski definition) is 3. The quantitative estimate of drug-likeness (QED) is 0.829. The summed E-state index contributed by atoms with van der Waals surface area (Å²) in [4.78, 5) is 16.6. The second kappa shape index (κ2) is 9.93. The van der Waals surface area contributed by atoms with Crippen molar-refractivity contribution in [2.75, 3.05) is 12.0 Å². The Balaban J connectivity index is 0.000000271. The van der Waals surface area contributed by atoms with Crippen molar-refractivity contribution in [2.24, 2.45) is 5.73 Å². The number of carbonyl (C=O) groups is 1. The van der Waals surface area contributed by atoms with Crippen molar-refractivity contribution >= 4 is 11.8 Å². The van der Waals surface area contributed by atoms with Crippen molar-refractivity contribution in [2.45, 2.75) is 20.3 Å². The molecule has 0 atom stereocenters. The van der Waals surface area contributed by atoms with Gasteiger partial charge in [0.25, 0.3) is 0 Å². The van der Waals surface area contributed by atoms with E-state index in [9.17, 15) is 4.79 Å². The molecule has 0 unspecified atom stereocenters. The van der Waals surface area contributed by atoms with Gasteiger partial charge in [0.15, 0.2) is 0 Å². The minimum atomic E-state index is -0.623. The zero-order valence-corrected chi connectivity index (χ0v) is 15.0. The molecule has 0 bridgehead atoms. The van der Waals surface area contributed by atoms with Crippen LogP contribution >= 0.6 is 0 Å². The summed E-state index contributed by atoms with van der Waals surface area (Å²) >= 11 is 0. The van der Waals surface area contributed by atoms with Gasteiger partial charge >= 0.3 is 6.03 Å². The molecule has 1 aromatic heterocycles. The lowest BCUT2D eigenvalue weighted by Crippen LogP contribution is -2.35. The number of nitrogens with two attached hydrogens (primary N) is 1. The lowest BCUT2D eigenvalue weighted by atomic mass is 10.2. The van der Waals surface area contributed by atoms with Gasteiger partial charge in [0.2, 0.25) is 0 Å². The van der Waals surface area contributed by atoms with Gasteiger partial charge in [-0.3, -0.25) is 0 Å². The summed E-state index contributed by atoms with van der Waals surface area (Å²) in [6.45, 7) is 11.2. The number of aromatic nitrogens is 1. The van der Waals surface area contributed by atoms with Gasteiger partial charge in [0, 0.05) is 11.9 Å². The molecular weight excluding hydrogens is 314 g/mol. The van der Waals surface area contributed by atoms with Crippen LogP contribution in [0.1, 0.15) is 18.1 Å². The lowest BCUT2D eigenvalue weighted by molar-refractivity contribution is 0.255. The summed E-state index contributed by atoms with van der Waals surface area (Å²) in [7, 11) is 1.68. The molecule has 0 radical (unpaired) electrons. The van der Waals surface area contributed by atoms with Crippen LogP contribution in [-0.2, 0) is 6.42 Å². The van der Waals surface area contributed by atoms with Crippen LogP contribution in [0.25, 0.3) is 0 Å². The number of carbonyl (C=O) groups excluding carboxylic acids is 1. The highest BCUT2D eigenvalue weighted by atomic mass is 16.5. The number of nitrogens with zero attached hydrogens (tertiary/aromatic N) is 2. The molecule has 5 heteroatoms. The number of hydrogen-bond donors (Lipinski definition) is 1. The molecule has 0 spiro atoms. The second-order valence-corrected chi connectivity index (χ2v) is 5.21. The monoisotopic (exact) mass is 339 g/mol. The van der Waals surface area contributed by atoms with Crippen molar-refractivity contribution in [1.29, 1.82) is 0 Å². The second-order valence-electron chi connectivity index (χ2n) is 5.21. The van der Waals surface area contributed by atoms with Crippen molar-refractivity contribution in [3.8, 4) is 5.75 Å². The van der Waals surface area contributed by atoms with Gasteiger partial charge < -0.3 is 10.5 Å². The Kier molecular flexibility index (Phi) is 7.93. The average molecular weight is 339 g/mol. The van der Waals surface area contributed by atoms with Gasteiger partial charge in [0.05, 0.1) is 7.11 Å². The summed E-state index contributed by atoms with van der Waals surface area (Å²) in [6, 6.07) is 11.1. The number of benzene rings is 1. The smallest absolute Gasteiger partial charge is 0.325 e. The molecule has 1 aromatic carbocycles. The van der Waals surface area contributed by atoms with Gasteiger partial charge in [-0.2, -0.15) is 0 Å². The Morgan fingerprint density at radius 1 is 1.32 bits per heavy atom. The number of amides is 2. The predicted molar refractivity (Wildman–Crippen MR) is 103 cm³/mol. The van der Waals surface area contributed by atoms with Crippen LogP contribution in [-0.4, -0.2) is 18.1 Å². The number of urea groups is 1. The first-order valence-corrected chi connectivity index (χ1v) is 7.90. The molecule has 2 amide bonds. The third-order valence-electron chi connectivity index (χ3n) is 3.50. The number of methoxy groups -OCH3 is 1. The van der Waals surface area contributed by atoms with Gasteiger partial charge in [-0.05, 0) is 48.7 Å². The molecule has 0 saturated heterocycles. The minimum absolute atomic E-state index is 0.407. The number of ether oxygens (including phenoxy) is 1. The summed E-state index contributed by atoms with van der Waals surface area (Å²) in [5, 5.41) is 0. The molecule has 2 N–H and O–H groups in total. The van der Waals surface area contributed by atoms with E-state index in [0.717, 1.165) is 17.7 Å². The van der Waals surface area contributed by atoms with Crippen LogP contribution in [0.15, 0.2) is 67.5 Å². The first-order valence-electron chi connectivity index (χ1n) is 7.90. The fourth-order valence-electron chi connectivity index (χ4n) is 2.05. The fraction of sp³-hybridized carbons (Fsp3) is 0.200. The maximum atomic E-state index is 11.3. The predicted octanol–water partition coefficient (Wildman–Crippen LogP) is 4.23. The molecule has 0 fully saturated rings. The topological polar surface area (TPSA) is 68.5 Å². The number of primary amides is 1. The van der Waals surface area contributed by atoms with Gasteiger partial charge in [-0.15, -0.1) is 0 Å². The van der Waals surface area contributed by atoms with E-state index < -0.39 is 6.03 Å². The molecule has 0 aliphatic heterocycles. The Bertz CT molecular complexity index is 701. The van der Waals surface area contributed by atoms with Crippen LogP contribution in [0, 0.1) is 6.92 Å². The van der Waals surface area contributed by atoms with Crippen LogP contribution in [0.3, 0.4) is 0 Å². The molecule has 5 nitrogen and oxygen atoms in total. The normalized spacial score (nSPS) is 9.40. The molecule has 132 valence electrons. The maximum Gasteiger partial charge on any atom is 0.325 e. The van der Waals surface area contributed by atoms with Crippen LogP contribution in [0.2, 0.25) is 0 Å². The highest BCUT2D eigenvalue weighted by molar-refractivity contribution is 5.94. The third kappa shape index (κ3) is 5.80. The minimum Gasteiger partial charge on any atom is -0.497 e. The Hall–Kier alpha value is -3.08. The highest BCUT2D eigenvalue weighted by Gasteiger charge is 2.16. The first-order chi connectivity index (χ1) is 11.9. The van der Waals surface area contributed by atoms with Crippen molar-refractivity contribution < 1.29 is 9.53 Å². The maximum absolute atomic E-state index is 11.3. The molecule has 2 rings (SSSR count). The van der Waals surface area contributed by atoms with E-state index in [4.69, 9.17) is 10.5 Å². The Labute approximate surface area is 149 Å². The van der Waals surface area contributed by atoms with E-state index in [-0.39, 0.29) is 0 Å². The number of anilines is 1. The summed E-state index contributed by atoms with van der Waals surface area (Å²) in [5.74, 6) is 1.41. The summed E-state index contributed by atoms with van der Waals surface area (Å²) < 4.78 is 5.01. The van der Waals surface area contributed by atoms with Crippen LogP contribution < -0.4 is 15.4 Å². The molecule has 25 heavy (non-hydrogen) atoms. The van der Waals surface area contributed by atoms with Gasteiger partial charge in [-0.25, -0.2) is 14.7 Å². The average Bonchev–Trinajstić information content (AvgIpc) is 2.63. The first kappa shape index (κ1) is 20.0. The number of rotatable bonds is 5. The largest absolute Gasteiger partial charge is 0.497 e. The number of aryl methyl sites for hydroxylation is 2. The third-order valence-corrected chi connectivity index (χ3v) is 3.50. The molecule has 0 saturated carbocycles.